The molecule has 1 atom stereocenters. The summed E-state index contributed by atoms with van der Waals surface area (Å²) >= 11 is 1.69. The second-order valence-corrected chi connectivity index (χ2v) is 6.74. The van der Waals surface area contributed by atoms with Crippen LogP contribution < -0.4 is 10.6 Å². The molecule has 1 aromatic rings. The number of amides is 3. The van der Waals surface area contributed by atoms with Gasteiger partial charge in [0.2, 0.25) is 5.91 Å². The van der Waals surface area contributed by atoms with E-state index >= 15 is 0 Å². The van der Waals surface area contributed by atoms with E-state index in [9.17, 15) is 9.59 Å². The number of hydrogen-bond donors (Lipinski definition) is 2. The molecule has 2 heterocycles. The van der Waals surface area contributed by atoms with Crippen LogP contribution in [0.15, 0.2) is 17.5 Å². The van der Waals surface area contributed by atoms with Crippen molar-refractivity contribution in [3.63, 3.8) is 0 Å². The van der Waals surface area contributed by atoms with Gasteiger partial charge in [0.25, 0.3) is 0 Å². The third kappa shape index (κ3) is 3.37. The van der Waals surface area contributed by atoms with Gasteiger partial charge in [0.15, 0.2) is 0 Å². The summed E-state index contributed by atoms with van der Waals surface area (Å²) in [6.45, 7) is 1.28. The monoisotopic (exact) mass is 307 g/mol. The molecular weight excluding hydrogens is 286 g/mol. The van der Waals surface area contributed by atoms with E-state index in [2.05, 4.69) is 22.1 Å². The van der Waals surface area contributed by atoms with Crippen molar-refractivity contribution >= 4 is 23.3 Å². The standard InChI is InChI=1S/C15H21N3O2S/c19-13-10-18(8-7-16-13)15(20)17-14(11-4-1-2-5-11)12-6-3-9-21-12/h3,6,9,11,14H,1-2,4-5,7-8,10H2,(H,16,19)(H,17,20)/t14-/m0/s1. The number of rotatable bonds is 3. The zero-order valence-corrected chi connectivity index (χ0v) is 12.8. The highest BCUT2D eigenvalue weighted by atomic mass is 32.1. The van der Waals surface area contributed by atoms with Crippen LogP contribution in [-0.2, 0) is 4.79 Å². The second-order valence-electron chi connectivity index (χ2n) is 5.76. The Balaban J connectivity index is 1.69. The summed E-state index contributed by atoms with van der Waals surface area (Å²) in [5, 5.41) is 7.97. The predicted octanol–water partition coefficient (Wildman–Crippen LogP) is 2.12. The van der Waals surface area contributed by atoms with Crippen molar-refractivity contribution in [2.24, 2.45) is 5.92 Å². The van der Waals surface area contributed by atoms with Crippen LogP contribution in [-0.4, -0.2) is 36.5 Å². The van der Waals surface area contributed by atoms with Crippen molar-refractivity contribution in [3.05, 3.63) is 22.4 Å². The summed E-state index contributed by atoms with van der Waals surface area (Å²) in [4.78, 5) is 26.7. The van der Waals surface area contributed by atoms with Crippen LogP contribution in [0.5, 0.6) is 0 Å². The van der Waals surface area contributed by atoms with Crippen LogP contribution in [0.2, 0.25) is 0 Å². The fraction of sp³-hybridized carbons (Fsp3) is 0.600. The first-order valence-corrected chi connectivity index (χ1v) is 8.47. The number of nitrogens with zero attached hydrogens (tertiary/aromatic N) is 1. The molecule has 0 aromatic carbocycles. The number of thiophene rings is 1. The van der Waals surface area contributed by atoms with Gasteiger partial charge in [-0.15, -0.1) is 11.3 Å². The molecule has 21 heavy (non-hydrogen) atoms. The fourth-order valence-corrected chi connectivity index (χ4v) is 4.09. The van der Waals surface area contributed by atoms with Gasteiger partial charge in [0, 0.05) is 18.0 Å². The first-order valence-electron chi connectivity index (χ1n) is 7.59. The molecule has 3 amide bonds. The minimum atomic E-state index is -0.116. The molecule has 0 bridgehead atoms. The molecule has 1 aromatic heterocycles. The van der Waals surface area contributed by atoms with Crippen LogP contribution in [0.3, 0.4) is 0 Å². The van der Waals surface area contributed by atoms with Gasteiger partial charge in [0.05, 0.1) is 6.04 Å². The summed E-state index contributed by atoms with van der Waals surface area (Å²) in [6, 6.07) is 4.10. The first kappa shape index (κ1) is 14.4. The lowest BCUT2D eigenvalue weighted by Crippen LogP contribution is -2.53. The van der Waals surface area contributed by atoms with Gasteiger partial charge >= 0.3 is 6.03 Å². The molecule has 2 N–H and O–H groups in total. The maximum Gasteiger partial charge on any atom is 0.318 e. The fourth-order valence-electron chi connectivity index (χ4n) is 3.22. The molecule has 1 saturated heterocycles. The molecule has 3 rings (SSSR count). The molecular formula is C15H21N3O2S. The van der Waals surface area contributed by atoms with E-state index in [1.54, 1.807) is 16.2 Å². The Kier molecular flexibility index (Phi) is 4.43. The highest BCUT2D eigenvalue weighted by Crippen LogP contribution is 2.37. The number of carbonyl (C=O) groups excluding carboxylic acids is 2. The average molecular weight is 307 g/mol. The van der Waals surface area contributed by atoms with Crippen molar-refractivity contribution < 1.29 is 9.59 Å². The van der Waals surface area contributed by atoms with E-state index in [1.807, 2.05) is 6.07 Å². The quantitative estimate of drug-likeness (QED) is 0.898. The van der Waals surface area contributed by atoms with Gasteiger partial charge in [-0.3, -0.25) is 4.79 Å². The van der Waals surface area contributed by atoms with Crippen LogP contribution in [0.1, 0.15) is 36.6 Å². The lowest BCUT2D eigenvalue weighted by Gasteiger charge is -2.31. The Morgan fingerprint density at radius 2 is 2.24 bits per heavy atom. The smallest absolute Gasteiger partial charge is 0.318 e. The number of carbonyl (C=O) groups is 2. The minimum absolute atomic E-state index is 0.0788. The zero-order chi connectivity index (χ0) is 14.7. The maximum absolute atomic E-state index is 12.4. The number of hydrogen-bond acceptors (Lipinski definition) is 3. The summed E-state index contributed by atoms with van der Waals surface area (Å²) in [7, 11) is 0. The van der Waals surface area contributed by atoms with Crippen molar-refractivity contribution in [1.82, 2.24) is 15.5 Å². The van der Waals surface area contributed by atoms with Gasteiger partial charge in [-0.2, -0.15) is 0 Å². The third-order valence-electron chi connectivity index (χ3n) is 4.33. The molecule has 5 nitrogen and oxygen atoms in total. The lowest BCUT2D eigenvalue weighted by molar-refractivity contribution is -0.123. The summed E-state index contributed by atoms with van der Waals surface area (Å²) in [5.74, 6) is 0.441. The predicted molar refractivity (Wildman–Crippen MR) is 82.1 cm³/mol. The topological polar surface area (TPSA) is 61.4 Å². The van der Waals surface area contributed by atoms with Gasteiger partial charge in [-0.25, -0.2) is 4.79 Å². The highest BCUT2D eigenvalue weighted by molar-refractivity contribution is 7.10. The van der Waals surface area contributed by atoms with Crippen LogP contribution >= 0.6 is 11.3 Å². The molecule has 0 radical (unpaired) electrons. The Bertz CT molecular complexity index is 497. The maximum atomic E-state index is 12.4. The van der Waals surface area contributed by atoms with Crippen molar-refractivity contribution in [3.8, 4) is 0 Å². The normalized spacial score (nSPS) is 21.1. The number of nitrogens with one attached hydrogen (secondary N) is 2. The Morgan fingerprint density at radius 3 is 2.90 bits per heavy atom. The van der Waals surface area contributed by atoms with Crippen LogP contribution in [0, 0.1) is 5.92 Å². The third-order valence-corrected chi connectivity index (χ3v) is 5.28. The van der Waals surface area contributed by atoms with Gasteiger partial charge in [-0.1, -0.05) is 18.9 Å². The SMILES string of the molecule is O=C1CN(C(=O)N[C@H](c2cccs2)C2CCCC2)CCN1. The molecule has 114 valence electrons. The van der Waals surface area contributed by atoms with Gasteiger partial charge in [0.1, 0.15) is 6.54 Å². The van der Waals surface area contributed by atoms with E-state index < -0.39 is 0 Å². The summed E-state index contributed by atoms with van der Waals surface area (Å²) in [5.41, 5.74) is 0. The molecule has 1 saturated carbocycles. The Hall–Kier alpha value is -1.56. The summed E-state index contributed by atoms with van der Waals surface area (Å²) in [6.07, 6.45) is 4.83. The average Bonchev–Trinajstić information content (AvgIpc) is 3.18. The molecule has 2 fully saturated rings. The van der Waals surface area contributed by atoms with E-state index in [-0.39, 0.29) is 24.5 Å². The minimum Gasteiger partial charge on any atom is -0.353 e. The first-order chi connectivity index (χ1) is 10.2. The van der Waals surface area contributed by atoms with Crippen molar-refractivity contribution in [2.75, 3.05) is 19.6 Å². The molecule has 1 aliphatic heterocycles. The van der Waals surface area contributed by atoms with E-state index in [1.165, 1.54) is 30.6 Å². The molecule has 2 aliphatic rings. The van der Waals surface area contributed by atoms with E-state index in [4.69, 9.17) is 0 Å². The Labute approximate surface area is 128 Å². The molecule has 0 spiro atoms. The van der Waals surface area contributed by atoms with Crippen molar-refractivity contribution in [2.45, 2.75) is 31.7 Å². The highest BCUT2D eigenvalue weighted by Gasteiger charge is 2.30. The van der Waals surface area contributed by atoms with E-state index in [0.717, 1.165) is 0 Å². The van der Waals surface area contributed by atoms with Crippen LogP contribution in [0.4, 0.5) is 4.79 Å². The molecule has 1 aliphatic carbocycles. The van der Waals surface area contributed by atoms with Crippen LogP contribution in [0.25, 0.3) is 0 Å². The van der Waals surface area contributed by atoms with Crippen molar-refractivity contribution in [1.29, 1.82) is 0 Å². The largest absolute Gasteiger partial charge is 0.353 e. The Morgan fingerprint density at radius 1 is 1.43 bits per heavy atom. The van der Waals surface area contributed by atoms with Gasteiger partial charge < -0.3 is 15.5 Å². The summed E-state index contributed by atoms with van der Waals surface area (Å²) < 4.78 is 0. The molecule has 6 heteroatoms. The zero-order valence-electron chi connectivity index (χ0n) is 12.0. The van der Waals surface area contributed by atoms with Gasteiger partial charge in [-0.05, 0) is 30.2 Å². The number of urea groups is 1. The molecule has 0 unspecified atom stereocenters. The second kappa shape index (κ2) is 6.47. The lowest BCUT2D eigenvalue weighted by atomic mass is 9.97. The number of piperazine rings is 1. The van der Waals surface area contributed by atoms with E-state index in [0.29, 0.717) is 19.0 Å².